The molecule has 1 aliphatic heterocycles. The van der Waals surface area contributed by atoms with Crippen LogP contribution in [0.4, 0.5) is 0 Å². The molecule has 0 amide bonds. The number of fused-ring (bicyclic) bond motifs is 1. The van der Waals surface area contributed by atoms with Crippen LogP contribution in [0, 0.1) is 0 Å². The summed E-state index contributed by atoms with van der Waals surface area (Å²) < 4.78 is 12.6. The Morgan fingerprint density at radius 1 is 0.935 bits per heavy atom. The molecule has 0 spiro atoms. The van der Waals surface area contributed by atoms with E-state index in [1.54, 1.807) is 6.07 Å². The first-order chi connectivity index (χ1) is 15.0. The number of aliphatic hydroxyl groups excluding tert-OH is 4. The Labute approximate surface area is 181 Å². The van der Waals surface area contributed by atoms with E-state index in [9.17, 15) is 25.2 Å². The first kappa shape index (κ1) is 23.8. The molecule has 1 aromatic carbocycles. The molecule has 4 N–H and O–H groups in total. The van der Waals surface area contributed by atoms with E-state index in [1.807, 2.05) is 30.5 Å². The van der Waals surface area contributed by atoms with Gasteiger partial charge in [0.1, 0.15) is 24.4 Å². The molecular weight excluding hydrogens is 402 g/mol. The van der Waals surface area contributed by atoms with Crippen molar-refractivity contribution in [1.82, 2.24) is 4.57 Å². The predicted octanol–water partition coefficient (Wildman–Crippen LogP) is 1.16. The van der Waals surface area contributed by atoms with Crippen LogP contribution < -0.4 is 5.43 Å². The lowest BCUT2D eigenvalue weighted by atomic mass is 9.99. The maximum atomic E-state index is 11.9. The molecule has 2 aromatic rings. The highest BCUT2D eigenvalue weighted by atomic mass is 16.6. The normalized spacial score (nSPS) is 26.4. The summed E-state index contributed by atoms with van der Waals surface area (Å²) in [4.78, 5) is 11.9. The van der Waals surface area contributed by atoms with E-state index in [0.29, 0.717) is 6.61 Å². The molecule has 8 heteroatoms. The second-order valence-corrected chi connectivity index (χ2v) is 8.08. The summed E-state index contributed by atoms with van der Waals surface area (Å²) in [5.41, 5.74) is 1.02. The van der Waals surface area contributed by atoms with Gasteiger partial charge in [-0.15, -0.1) is 0 Å². The Balaban J connectivity index is 1.30. The van der Waals surface area contributed by atoms with Crippen molar-refractivity contribution in [3.05, 3.63) is 46.8 Å². The van der Waals surface area contributed by atoms with Crippen LogP contribution in [0.15, 0.2) is 41.3 Å². The van der Waals surface area contributed by atoms with Gasteiger partial charge in [-0.05, 0) is 25.0 Å². The van der Waals surface area contributed by atoms with E-state index in [-0.39, 0.29) is 5.43 Å². The van der Waals surface area contributed by atoms with Gasteiger partial charge in [0, 0.05) is 30.8 Å². The molecule has 0 aliphatic carbocycles. The molecule has 1 fully saturated rings. The minimum Gasteiger partial charge on any atom is -0.394 e. The number of unbranched alkanes of at least 4 members (excludes halogenated alkanes) is 5. The summed E-state index contributed by atoms with van der Waals surface area (Å²) >= 11 is 0. The van der Waals surface area contributed by atoms with Crippen LogP contribution in [0.1, 0.15) is 38.5 Å². The number of nitrogens with zero attached hydrogens (tertiary/aromatic N) is 1. The van der Waals surface area contributed by atoms with Crippen LogP contribution in [0.2, 0.25) is 0 Å². The summed E-state index contributed by atoms with van der Waals surface area (Å²) in [6, 6.07) is 9.29. The molecule has 1 aromatic heterocycles. The van der Waals surface area contributed by atoms with E-state index < -0.39 is 37.3 Å². The van der Waals surface area contributed by atoms with Crippen molar-refractivity contribution >= 4 is 10.9 Å². The van der Waals surface area contributed by atoms with E-state index in [2.05, 4.69) is 4.57 Å². The number of aryl methyl sites for hydroxylation is 1. The maximum Gasteiger partial charge on any atom is 0.189 e. The summed E-state index contributed by atoms with van der Waals surface area (Å²) in [6.07, 6.45) is 1.90. The third-order valence-electron chi connectivity index (χ3n) is 5.83. The van der Waals surface area contributed by atoms with E-state index in [0.717, 1.165) is 56.0 Å². The number of rotatable bonds is 11. The predicted molar refractivity (Wildman–Crippen MR) is 116 cm³/mol. The SMILES string of the molecule is O=c1ccn(CCCCCCCCO[C@H]2[C@H](O)[C@@H](CO)OC(O)[C@@H]2O)c2ccccc12. The van der Waals surface area contributed by atoms with Gasteiger partial charge in [0.15, 0.2) is 11.7 Å². The smallest absolute Gasteiger partial charge is 0.189 e. The molecule has 0 bridgehead atoms. The average Bonchev–Trinajstić information content (AvgIpc) is 2.78. The molecule has 2 heterocycles. The molecule has 31 heavy (non-hydrogen) atoms. The second-order valence-electron chi connectivity index (χ2n) is 8.08. The highest BCUT2D eigenvalue weighted by Crippen LogP contribution is 2.22. The lowest BCUT2D eigenvalue weighted by Gasteiger charge is -2.39. The Morgan fingerprint density at radius 2 is 1.65 bits per heavy atom. The lowest BCUT2D eigenvalue weighted by Crippen LogP contribution is -2.59. The molecule has 0 radical (unpaired) electrons. The molecule has 1 saturated heterocycles. The third kappa shape index (κ3) is 6.12. The molecule has 3 rings (SSSR count). The number of aromatic nitrogens is 1. The number of benzene rings is 1. The number of para-hydroxylation sites is 1. The van der Waals surface area contributed by atoms with Gasteiger partial charge in [-0.3, -0.25) is 4.79 Å². The van der Waals surface area contributed by atoms with Gasteiger partial charge in [0.25, 0.3) is 0 Å². The van der Waals surface area contributed by atoms with Gasteiger partial charge in [-0.25, -0.2) is 0 Å². The lowest BCUT2D eigenvalue weighted by molar-refractivity contribution is -0.294. The minimum absolute atomic E-state index is 0.0521. The zero-order chi connectivity index (χ0) is 22.2. The quantitative estimate of drug-likeness (QED) is 0.391. The molecule has 8 nitrogen and oxygen atoms in total. The fourth-order valence-electron chi connectivity index (χ4n) is 4.03. The molecule has 5 atom stereocenters. The number of hydrogen-bond acceptors (Lipinski definition) is 7. The Morgan fingerprint density at radius 3 is 2.42 bits per heavy atom. The highest BCUT2D eigenvalue weighted by molar-refractivity contribution is 5.78. The largest absolute Gasteiger partial charge is 0.394 e. The van der Waals surface area contributed by atoms with Gasteiger partial charge in [-0.2, -0.15) is 0 Å². The standard InChI is InChI=1S/C23H33NO7/c25-15-19-20(27)22(21(28)23(29)31-19)30-14-8-4-2-1-3-7-12-24-13-11-18(26)16-9-5-6-10-17(16)24/h5-6,9-11,13,19-23,25,27-29H,1-4,7-8,12,14-15H2/t19-,20-,21-,22+,23?/m1/s1. The number of aliphatic hydroxyl groups is 4. The van der Waals surface area contributed by atoms with Crippen molar-refractivity contribution in [2.75, 3.05) is 13.2 Å². The van der Waals surface area contributed by atoms with Gasteiger partial charge in [-0.1, -0.05) is 37.8 Å². The maximum absolute atomic E-state index is 11.9. The summed E-state index contributed by atoms with van der Waals surface area (Å²) in [7, 11) is 0. The monoisotopic (exact) mass is 435 g/mol. The molecule has 172 valence electrons. The topological polar surface area (TPSA) is 121 Å². The van der Waals surface area contributed by atoms with Crippen LogP contribution in [0.5, 0.6) is 0 Å². The van der Waals surface area contributed by atoms with Gasteiger partial charge in [0.2, 0.25) is 0 Å². The van der Waals surface area contributed by atoms with E-state index in [4.69, 9.17) is 9.47 Å². The van der Waals surface area contributed by atoms with Crippen LogP contribution >= 0.6 is 0 Å². The third-order valence-corrected chi connectivity index (χ3v) is 5.83. The highest BCUT2D eigenvalue weighted by Gasteiger charge is 2.44. The summed E-state index contributed by atoms with van der Waals surface area (Å²) in [5, 5.41) is 39.6. The molecule has 1 aliphatic rings. The average molecular weight is 436 g/mol. The van der Waals surface area contributed by atoms with Crippen molar-refractivity contribution in [2.24, 2.45) is 0 Å². The Kier molecular flexibility index (Phi) is 9.01. The van der Waals surface area contributed by atoms with Gasteiger partial charge in [0.05, 0.1) is 12.1 Å². The van der Waals surface area contributed by atoms with E-state index in [1.165, 1.54) is 0 Å². The molecule has 1 unspecified atom stereocenters. The van der Waals surface area contributed by atoms with Crippen LogP contribution in [0.25, 0.3) is 10.9 Å². The van der Waals surface area contributed by atoms with Crippen molar-refractivity contribution in [3.63, 3.8) is 0 Å². The first-order valence-electron chi connectivity index (χ1n) is 11.0. The minimum atomic E-state index is -1.48. The number of hydrogen-bond donors (Lipinski definition) is 4. The summed E-state index contributed by atoms with van der Waals surface area (Å²) in [6.45, 7) is 0.769. The second kappa shape index (κ2) is 11.7. The first-order valence-corrected chi connectivity index (χ1v) is 11.0. The fraction of sp³-hybridized carbons (Fsp3) is 0.609. The van der Waals surface area contributed by atoms with E-state index >= 15 is 0 Å². The molecule has 0 saturated carbocycles. The van der Waals surface area contributed by atoms with Gasteiger partial charge < -0.3 is 34.5 Å². The van der Waals surface area contributed by atoms with Crippen LogP contribution in [-0.4, -0.2) is 68.9 Å². The van der Waals surface area contributed by atoms with Crippen LogP contribution in [0.3, 0.4) is 0 Å². The zero-order valence-electron chi connectivity index (χ0n) is 17.7. The number of ether oxygens (including phenoxy) is 2. The van der Waals surface area contributed by atoms with Crippen molar-refractivity contribution in [3.8, 4) is 0 Å². The Hall–Kier alpha value is -1.81. The fourth-order valence-corrected chi connectivity index (χ4v) is 4.03. The summed E-state index contributed by atoms with van der Waals surface area (Å²) in [5.74, 6) is 0. The molecular formula is C23H33NO7. The number of pyridine rings is 1. The van der Waals surface area contributed by atoms with Gasteiger partial charge >= 0.3 is 0 Å². The Bertz CT molecular complexity index is 870. The zero-order valence-corrected chi connectivity index (χ0v) is 17.7. The van der Waals surface area contributed by atoms with Crippen molar-refractivity contribution < 1.29 is 29.9 Å². The van der Waals surface area contributed by atoms with Crippen molar-refractivity contribution in [1.29, 1.82) is 0 Å². The van der Waals surface area contributed by atoms with Crippen LogP contribution in [-0.2, 0) is 16.0 Å². The van der Waals surface area contributed by atoms with Crippen molar-refractivity contribution in [2.45, 2.75) is 75.8 Å².